The summed E-state index contributed by atoms with van der Waals surface area (Å²) in [5.74, 6) is -2.96. The highest BCUT2D eigenvalue weighted by Gasteiger charge is 2.27. The SMILES string of the molecule is NC(=O)C(=O)C(Cc1ccccc1)NC(=O)c1cccnc1-c1nc(-c2ccc(F)cc2)cs1. The molecule has 0 aliphatic heterocycles. The summed E-state index contributed by atoms with van der Waals surface area (Å²) in [6, 6.07) is 16.9. The van der Waals surface area contributed by atoms with E-state index in [4.69, 9.17) is 5.73 Å². The molecule has 1 unspecified atom stereocenters. The minimum atomic E-state index is -1.13. The molecule has 170 valence electrons. The van der Waals surface area contributed by atoms with E-state index in [-0.39, 0.29) is 17.8 Å². The van der Waals surface area contributed by atoms with Crippen molar-refractivity contribution in [2.24, 2.45) is 5.73 Å². The fourth-order valence-electron chi connectivity index (χ4n) is 3.36. The lowest BCUT2D eigenvalue weighted by molar-refractivity contribution is -0.137. The number of Topliss-reactive ketones (excluding diaryl/α,β-unsaturated/α-hetero) is 1. The van der Waals surface area contributed by atoms with Crippen LogP contribution in [0, 0.1) is 5.82 Å². The van der Waals surface area contributed by atoms with Crippen molar-refractivity contribution in [2.75, 3.05) is 0 Å². The molecule has 2 aromatic carbocycles. The highest BCUT2D eigenvalue weighted by Crippen LogP contribution is 2.29. The summed E-state index contributed by atoms with van der Waals surface area (Å²) < 4.78 is 13.2. The van der Waals surface area contributed by atoms with Crippen molar-refractivity contribution in [3.05, 3.63) is 95.3 Å². The van der Waals surface area contributed by atoms with Crippen molar-refractivity contribution in [3.63, 3.8) is 0 Å². The first kappa shape index (κ1) is 22.9. The number of hydrogen-bond donors (Lipinski definition) is 2. The summed E-state index contributed by atoms with van der Waals surface area (Å²) in [6.45, 7) is 0. The van der Waals surface area contributed by atoms with Crippen LogP contribution in [-0.2, 0) is 16.0 Å². The van der Waals surface area contributed by atoms with Crippen LogP contribution in [0.15, 0.2) is 78.3 Å². The number of nitrogens with one attached hydrogen (secondary N) is 1. The molecule has 0 spiro atoms. The Morgan fingerprint density at radius 1 is 1.00 bits per heavy atom. The molecule has 34 heavy (non-hydrogen) atoms. The molecule has 4 rings (SSSR count). The molecular weight excluding hydrogens is 455 g/mol. The maximum Gasteiger partial charge on any atom is 0.287 e. The second kappa shape index (κ2) is 10.1. The fraction of sp³-hybridized carbons (Fsp3) is 0.0800. The lowest BCUT2D eigenvalue weighted by Gasteiger charge is -2.17. The summed E-state index contributed by atoms with van der Waals surface area (Å²) in [4.78, 5) is 46.0. The first-order valence-electron chi connectivity index (χ1n) is 10.3. The number of aromatic nitrogens is 2. The van der Waals surface area contributed by atoms with Gasteiger partial charge in [-0.3, -0.25) is 19.4 Å². The number of nitrogens with zero attached hydrogens (tertiary/aromatic N) is 2. The lowest BCUT2D eigenvalue weighted by Crippen LogP contribution is -2.47. The largest absolute Gasteiger partial charge is 0.363 e. The van der Waals surface area contributed by atoms with Crippen molar-refractivity contribution in [1.82, 2.24) is 15.3 Å². The average Bonchev–Trinajstić information content (AvgIpc) is 3.34. The third-order valence-corrected chi connectivity index (χ3v) is 5.90. The van der Waals surface area contributed by atoms with E-state index in [1.807, 2.05) is 6.07 Å². The summed E-state index contributed by atoms with van der Waals surface area (Å²) in [5.41, 5.74) is 7.82. The number of rotatable bonds is 8. The molecule has 1 atom stereocenters. The summed E-state index contributed by atoms with van der Waals surface area (Å²) in [7, 11) is 0. The van der Waals surface area contributed by atoms with E-state index in [0.717, 1.165) is 11.1 Å². The lowest BCUT2D eigenvalue weighted by atomic mass is 10.0. The zero-order valence-electron chi connectivity index (χ0n) is 17.8. The number of nitrogens with two attached hydrogens (primary N) is 1. The smallest absolute Gasteiger partial charge is 0.287 e. The van der Waals surface area contributed by atoms with Crippen LogP contribution in [0.5, 0.6) is 0 Å². The van der Waals surface area contributed by atoms with Crippen LogP contribution in [0.2, 0.25) is 0 Å². The molecule has 2 amide bonds. The van der Waals surface area contributed by atoms with E-state index >= 15 is 0 Å². The molecule has 9 heteroatoms. The maximum absolute atomic E-state index is 13.2. The van der Waals surface area contributed by atoms with E-state index in [1.165, 1.54) is 29.7 Å². The van der Waals surface area contributed by atoms with Gasteiger partial charge in [-0.25, -0.2) is 9.37 Å². The van der Waals surface area contributed by atoms with Crippen molar-refractivity contribution in [2.45, 2.75) is 12.5 Å². The molecule has 0 radical (unpaired) electrons. The number of carbonyl (C=O) groups excluding carboxylic acids is 3. The van der Waals surface area contributed by atoms with Gasteiger partial charge < -0.3 is 11.1 Å². The molecular formula is C25H19FN4O3S. The third kappa shape index (κ3) is 5.21. The molecule has 2 heterocycles. The van der Waals surface area contributed by atoms with E-state index < -0.39 is 23.6 Å². The second-order valence-corrected chi connectivity index (χ2v) is 8.25. The third-order valence-electron chi connectivity index (χ3n) is 5.05. The van der Waals surface area contributed by atoms with Gasteiger partial charge in [0.15, 0.2) is 0 Å². The molecule has 0 saturated carbocycles. The highest BCUT2D eigenvalue weighted by atomic mass is 32.1. The number of carbonyl (C=O) groups is 3. The summed E-state index contributed by atoms with van der Waals surface area (Å²) >= 11 is 1.28. The van der Waals surface area contributed by atoms with Gasteiger partial charge >= 0.3 is 0 Å². The Morgan fingerprint density at radius 3 is 2.44 bits per heavy atom. The Balaban J connectivity index is 1.61. The number of amides is 2. The minimum absolute atomic E-state index is 0.107. The van der Waals surface area contributed by atoms with E-state index in [9.17, 15) is 18.8 Å². The molecule has 0 fully saturated rings. The van der Waals surface area contributed by atoms with Gasteiger partial charge in [-0.1, -0.05) is 30.3 Å². The van der Waals surface area contributed by atoms with E-state index in [1.54, 1.807) is 53.9 Å². The molecule has 2 aromatic heterocycles. The minimum Gasteiger partial charge on any atom is -0.363 e. The van der Waals surface area contributed by atoms with Crippen LogP contribution in [0.25, 0.3) is 22.0 Å². The van der Waals surface area contributed by atoms with Crippen molar-refractivity contribution < 1.29 is 18.8 Å². The van der Waals surface area contributed by atoms with Crippen molar-refractivity contribution in [1.29, 1.82) is 0 Å². The second-order valence-electron chi connectivity index (χ2n) is 7.39. The number of thiazole rings is 1. The standard InChI is InChI=1S/C25H19FN4O3S/c26-17-10-8-16(9-11-17)20-14-34-25(30-20)21-18(7-4-12-28-21)24(33)29-19(22(31)23(27)32)13-15-5-2-1-3-6-15/h1-12,14,19H,13H2,(H2,27,32)(H,29,33). The van der Waals surface area contributed by atoms with Crippen LogP contribution in [0.3, 0.4) is 0 Å². The van der Waals surface area contributed by atoms with Crippen LogP contribution in [0.1, 0.15) is 15.9 Å². The van der Waals surface area contributed by atoms with E-state index in [2.05, 4.69) is 15.3 Å². The highest BCUT2D eigenvalue weighted by molar-refractivity contribution is 7.13. The number of benzene rings is 2. The molecule has 0 saturated heterocycles. The molecule has 0 aliphatic carbocycles. The Hall–Kier alpha value is -4.24. The molecule has 3 N–H and O–H groups in total. The van der Waals surface area contributed by atoms with Gasteiger partial charge in [0.2, 0.25) is 5.78 Å². The average molecular weight is 475 g/mol. The number of pyridine rings is 1. The quantitative estimate of drug-likeness (QED) is 0.380. The topological polar surface area (TPSA) is 115 Å². The predicted molar refractivity (Wildman–Crippen MR) is 126 cm³/mol. The van der Waals surface area contributed by atoms with Crippen LogP contribution in [0.4, 0.5) is 4.39 Å². The molecule has 0 bridgehead atoms. The van der Waals surface area contributed by atoms with Crippen molar-refractivity contribution in [3.8, 4) is 22.0 Å². The molecule has 7 nitrogen and oxygen atoms in total. The first-order valence-corrected chi connectivity index (χ1v) is 11.2. The zero-order chi connectivity index (χ0) is 24.1. The Morgan fingerprint density at radius 2 is 1.74 bits per heavy atom. The normalized spacial score (nSPS) is 11.6. The van der Waals surface area contributed by atoms with Gasteiger partial charge in [0.05, 0.1) is 11.3 Å². The monoisotopic (exact) mass is 474 g/mol. The summed E-state index contributed by atoms with van der Waals surface area (Å²) in [5, 5.41) is 4.89. The van der Waals surface area contributed by atoms with Gasteiger partial charge in [0.25, 0.3) is 11.8 Å². The maximum atomic E-state index is 13.2. The summed E-state index contributed by atoms with van der Waals surface area (Å²) in [6.07, 6.45) is 1.64. The van der Waals surface area contributed by atoms with Crippen LogP contribution >= 0.6 is 11.3 Å². The molecule has 0 aliphatic rings. The van der Waals surface area contributed by atoms with Gasteiger partial charge in [0.1, 0.15) is 22.6 Å². The number of primary amides is 1. The Kier molecular flexibility index (Phi) is 6.84. The zero-order valence-corrected chi connectivity index (χ0v) is 18.6. The first-order chi connectivity index (χ1) is 16.4. The number of halogens is 1. The van der Waals surface area contributed by atoms with Gasteiger partial charge in [-0.2, -0.15) is 0 Å². The predicted octanol–water partition coefficient (Wildman–Crippen LogP) is 3.41. The van der Waals surface area contributed by atoms with Crippen LogP contribution in [-0.4, -0.2) is 33.6 Å². The number of ketones is 1. The Bertz CT molecular complexity index is 1340. The van der Waals surface area contributed by atoms with E-state index in [0.29, 0.717) is 16.4 Å². The Labute approximate surface area is 198 Å². The van der Waals surface area contributed by atoms with Gasteiger partial charge in [-0.15, -0.1) is 11.3 Å². The molecule has 4 aromatic rings. The van der Waals surface area contributed by atoms with Gasteiger partial charge in [-0.05, 0) is 42.0 Å². The van der Waals surface area contributed by atoms with Crippen LogP contribution < -0.4 is 11.1 Å². The fourth-order valence-corrected chi connectivity index (χ4v) is 4.20. The van der Waals surface area contributed by atoms with Crippen molar-refractivity contribution >= 4 is 28.9 Å². The number of hydrogen-bond acceptors (Lipinski definition) is 6. The van der Waals surface area contributed by atoms with Gasteiger partial charge in [0, 0.05) is 23.6 Å².